The molecule has 2 aromatic rings. The van der Waals surface area contributed by atoms with Crippen molar-refractivity contribution in [2.45, 2.75) is 50.6 Å². The third-order valence-electron chi connectivity index (χ3n) is 4.59. The standard InChI is InChI=1S/C20H26N4OS/c1-2-15-8-10-17(11-9-15)19-22-20(24-23-19)26-14-18(25)21-13-12-16-6-4-3-5-7-16/h6,8-11H,2-5,7,12-14H2,1H3,(H,21,25)(H,22,23,24). The number of aryl methyl sites for hydroxylation is 1. The molecule has 0 aliphatic heterocycles. The van der Waals surface area contributed by atoms with Gasteiger partial charge in [-0.3, -0.25) is 9.89 Å². The lowest BCUT2D eigenvalue weighted by atomic mass is 9.97. The zero-order chi connectivity index (χ0) is 18.2. The van der Waals surface area contributed by atoms with Crippen LogP contribution >= 0.6 is 11.8 Å². The van der Waals surface area contributed by atoms with E-state index < -0.39 is 0 Å². The molecule has 0 bridgehead atoms. The van der Waals surface area contributed by atoms with Crippen molar-refractivity contribution in [1.29, 1.82) is 0 Å². The minimum atomic E-state index is 0.0325. The minimum Gasteiger partial charge on any atom is -0.355 e. The number of carbonyl (C=O) groups is 1. The van der Waals surface area contributed by atoms with E-state index in [9.17, 15) is 4.79 Å². The fourth-order valence-electron chi connectivity index (χ4n) is 3.01. The quantitative estimate of drug-likeness (QED) is 0.541. The third-order valence-corrected chi connectivity index (χ3v) is 5.43. The third kappa shape index (κ3) is 5.46. The number of H-pyrrole nitrogens is 1. The molecule has 138 valence electrons. The van der Waals surface area contributed by atoms with Crippen LogP contribution in [0, 0.1) is 0 Å². The Hall–Kier alpha value is -2.08. The molecule has 0 unspecified atom stereocenters. The van der Waals surface area contributed by atoms with Gasteiger partial charge in [-0.2, -0.15) is 0 Å². The van der Waals surface area contributed by atoms with E-state index in [1.165, 1.54) is 48.6 Å². The predicted octanol–water partition coefficient (Wildman–Crippen LogP) is 4.13. The molecule has 0 fully saturated rings. The van der Waals surface area contributed by atoms with Gasteiger partial charge in [-0.25, -0.2) is 4.98 Å². The average molecular weight is 371 g/mol. The fraction of sp³-hybridized carbons (Fsp3) is 0.450. The summed E-state index contributed by atoms with van der Waals surface area (Å²) in [7, 11) is 0. The summed E-state index contributed by atoms with van der Waals surface area (Å²) in [6.07, 6.45) is 9.26. The summed E-state index contributed by atoms with van der Waals surface area (Å²) in [5.74, 6) is 1.11. The normalized spacial score (nSPS) is 14.1. The van der Waals surface area contributed by atoms with Crippen LogP contribution in [0.4, 0.5) is 0 Å². The van der Waals surface area contributed by atoms with Gasteiger partial charge in [0.2, 0.25) is 11.1 Å². The first-order valence-electron chi connectivity index (χ1n) is 9.33. The van der Waals surface area contributed by atoms with E-state index in [4.69, 9.17) is 0 Å². The first-order valence-corrected chi connectivity index (χ1v) is 10.3. The van der Waals surface area contributed by atoms with Gasteiger partial charge in [0, 0.05) is 12.1 Å². The van der Waals surface area contributed by atoms with Gasteiger partial charge in [-0.05, 0) is 44.1 Å². The van der Waals surface area contributed by atoms with Gasteiger partial charge in [-0.1, -0.05) is 54.6 Å². The highest BCUT2D eigenvalue weighted by molar-refractivity contribution is 7.99. The average Bonchev–Trinajstić information content (AvgIpc) is 3.16. The Morgan fingerprint density at radius 2 is 2.12 bits per heavy atom. The van der Waals surface area contributed by atoms with Gasteiger partial charge in [0.15, 0.2) is 5.82 Å². The molecule has 3 rings (SSSR count). The molecule has 1 aliphatic carbocycles. The molecule has 26 heavy (non-hydrogen) atoms. The Morgan fingerprint density at radius 3 is 2.85 bits per heavy atom. The summed E-state index contributed by atoms with van der Waals surface area (Å²) in [5.41, 5.74) is 3.78. The number of nitrogens with zero attached hydrogens (tertiary/aromatic N) is 2. The van der Waals surface area contributed by atoms with Gasteiger partial charge in [0.1, 0.15) is 0 Å². The fourth-order valence-corrected chi connectivity index (χ4v) is 3.64. The summed E-state index contributed by atoms with van der Waals surface area (Å²) < 4.78 is 0. The molecule has 6 heteroatoms. The molecular formula is C20H26N4OS. The largest absolute Gasteiger partial charge is 0.355 e. The van der Waals surface area contributed by atoms with E-state index in [-0.39, 0.29) is 5.91 Å². The molecule has 0 atom stereocenters. The van der Waals surface area contributed by atoms with Gasteiger partial charge in [0.05, 0.1) is 5.75 Å². The predicted molar refractivity (Wildman–Crippen MR) is 106 cm³/mol. The van der Waals surface area contributed by atoms with E-state index >= 15 is 0 Å². The van der Waals surface area contributed by atoms with Crippen LogP contribution in [-0.2, 0) is 11.2 Å². The molecule has 0 saturated heterocycles. The number of benzene rings is 1. The molecule has 5 nitrogen and oxygen atoms in total. The van der Waals surface area contributed by atoms with E-state index in [1.54, 1.807) is 0 Å². The highest BCUT2D eigenvalue weighted by Crippen LogP contribution is 2.21. The number of allylic oxidation sites excluding steroid dienone is 1. The lowest BCUT2D eigenvalue weighted by Crippen LogP contribution is -2.26. The lowest BCUT2D eigenvalue weighted by molar-refractivity contribution is -0.118. The van der Waals surface area contributed by atoms with Crippen molar-refractivity contribution >= 4 is 17.7 Å². The highest BCUT2D eigenvalue weighted by Gasteiger charge is 2.09. The number of hydrogen-bond donors (Lipinski definition) is 2. The maximum Gasteiger partial charge on any atom is 0.230 e. The summed E-state index contributed by atoms with van der Waals surface area (Å²) >= 11 is 1.36. The van der Waals surface area contributed by atoms with Crippen LogP contribution < -0.4 is 5.32 Å². The van der Waals surface area contributed by atoms with Gasteiger partial charge < -0.3 is 5.32 Å². The van der Waals surface area contributed by atoms with Crippen molar-refractivity contribution in [2.24, 2.45) is 0 Å². The zero-order valence-corrected chi connectivity index (χ0v) is 16.1. The van der Waals surface area contributed by atoms with Gasteiger partial charge >= 0.3 is 0 Å². The van der Waals surface area contributed by atoms with Crippen LogP contribution in [0.3, 0.4) is 0 Å². The van der Waals surface area contributed by atoms with Crippen LogP contribution in [0.25, 0.3) is 11.4 Å². The van der Waals surface area contributed by atoms with Crippen LogP contribution in [0.15, 0.2) is 41.1 Å². The van der Waals surface area contributed by atoms with Crippen molar-refractivity contribution in [3.8, 4) is 11.4 Å². The number of nitrogens with one attached hydrogen (secondary N) is 2. The number of carbonyl (C=O) groups excluding carboxylic acids is 1. The van der Waals surface area contributed by atoms with Gasteiger partial charge in [-0.15, -0.1) is 5.10 Å². The molecule has 0 spiro atoms. The number of thioether (sulfide) groups is 1. The molecule has 1 aromatic carbocycles. The second-order valence-corrected chi connectivity index (χ2v) is 7.46. The molecule has 1 amide bonds. The van der Waals surface area contributed by atoms with E-state index in [0.29, 0.717) is 17.5 Å². The Labute approximate surface area is 159 Å². The van der Waals surface area contributed by atoms with Gasteiger partial charge in [0.25, 0.3) is 0 Å². The van der Waals surface area contributed by atoms with Crippen molar-refractivity contribution < 1.29 is 4.79 Å². The first-order chi connectivity index (χ1) is 12.7. The summed E-state index contributed by atoms with van der Waals surface area (Å²) in [6, 6.07) is 8.28. The van der Waals surface area contributed by atoms with Crippen molar-refractivity contribution in [1.82, 2.24) is 20.5 Å². The lowest BCUT2D eigenvalue weighted by Gasteiger charge is -2.12. The SMILES string of the molecule is CCc1ccc(-c2nc(SCC(=O)NCCC3=CCCCC3)n[nH]2)cc1. The van der Waals surface area contributed by atoms with E-state index in [0.717, 1.165) is 24.2 Å². The molecule has 2 N–H and O–H groups in total. The Balaban J connectivity index is 1.42. The minimum absolute atomic E-state index is 0.0325. The number of hydrogen-bond acceptors (Lipinski definition) is 4. The highest BCUT2D eigenvalue weighted by atomic mass is 32.2. The maximum absolute atomic E-state index is 12.0. The van der Waals surface area contributed by atoms with Crippen LogP contribution in [-0.4, -0.2) is 33.4 Å². The second kappa shape index (κ2) is 9.57. The molecule has 0 radical (unpaired) electrons. The van der Waals surface area contributed by atoms with E-state index in [1.807, 2.05) is 12.1 Å². The smallest absolute Gasteiger partial charge is 0.230 e. The Kier molecular flexibility index (Phi) is 6.89. The zero-order valence-electron chi connectivity index (χ0n) is 15.3. The molecule has 1 aliphatic rings. The Morgan fingerprint density at radius 1 is 1.27 bits per heavy atom. The number of aromatic nitrogens is 3. The van der Waals surface area contributed by atoms with Crippen LogP contribution in [0.1, 0.15) is 44.6 Å². The number of aromatic amines is 1. The molecule has 0 saturated carbocycles. The van der Waals surface area contributed by atoms with Crippen LogP contribution in [0.2, 0.25) is 0 Å². The summed E-state index contributed by atoms with van der Waals surface area (Å²) in [4.78, 5) is 16.5. The summed E-state index contributed by atoms with van der Waals surface area (Å²) in [6.45, 7) is 2.85. The number of rotatable bonds is 8. The maximum atomic E-state index is 12.0. The summed E-state index contributed by atoms with van der Waals surface area (Å²) in [5, 5.41) is 10.7. The van der Waals surface area contributed by atoms with Crippen molar-refractivity contribution in [3.05, 3.63) is 41.5 Å². The van der Waals surface area contributed by atoms with Crippen LogP contribution in [0.5, 0.6) is 0 Å². The van der Waals surface area contributed by atoms with Crippen molar-refractivity contribution in [3.63, 3.8) is 0 Å². The monoisotopic (exact) mass is 370 g/mol. The molecular weight excluding hydrogens is 344 g/mol. The number of amides is 1. The second-order valence-electron chi connectivity index (χ2n) is 6.51. The Bertz CT molecular complexity index is 751. The molecule has 1 heterocycles. The van der Waals surface area contributed by atoms with Crippen molar-refractivity contribution in [2.75, 3.05) is 12.3 Å². The van der Waals surface area contributed by atoms with E-state index in [2.05, 4.69) is 45.6 Å². The topological polar surface area (TPSA) is 70.7 Å². The molecule has 1 aromatic heterocycles. The first kappa shape index (κ1) is 18.7.